The predicted molar refractivity (Wildman–Crippen MR) is 121 cm³/mol. The lowest BCUT2D eigenvalue weighted by atomic mass is 9.73. The molecule has 2 aromatic carbocycles. The summed E-state index contributed by atoms with van der Waals surface area (Å²) in [6, 6.07) is 11.4. The Hall–Kier alpha value is -2.57. The van der Waals surface area contributed by atoms with Gasteiger partial charge in [0.05, 0.1) is 7.11 Å². The highest BCUT2D eigenvalue weighted by molar-refractivity contribution is 6.35. The number of rotatable bonds is 6. The third-order valence-electron chi connectivity index (χ3n) is 6.05. The predicted octanol–water partition coefficient (Wildman–Crippen LogP) is 3.45. The molecule has 0 aromatic heterocycles. The van der Waals surface area contributed by atoms with Crippen LogP contribution in [0.5, 0.6) is 5.75 Å². The monoisotopic (exact) mass is 444 g/mol. The van der Waals surface area contributed by atoms with E-state index in [2.05, 4.69) is 10.6 Å². The van der Waals surface area contributed by atoms with Crippen molar-refractivity contribution in [3.05, 3.63) is 63.7 Å². The normalized spacial score (nSPS) is 15.2. The fourth-order valence-corrected chi connectivity index (χ4v) is 4.28. The van der Waals surface area contributed by atoms with Gasteiger partial charge in [-0.1, -0.05) is 29.8 Å². The van der Waals surface area contributed by atoms with Crippen LogP contribution in [0.3, 0.4) is 0 Å². The summed E-state index contributed by atoms with van der Waals surface area (Å²) in [7, 11) is 1.61. The van der Waals surface area contributed by atoms with Crippen LogP contribution in [0, 0.1) is 13.8 Å². The molecular weight excluding hydrogens is 416 g/mol. The Labute approximate surface area is 188 Å². The summed E-state index contributed by atoms with van der Waals surface area (Å²) in [5, 5.41) is 6.15. The van der Waals surface area contributed by atoms with E-state index in [4.69, 9.17) is 21.1 Å². The lowest BCUT2D eigenvalue weighted by Crippen LogP contribution is -2.48. The van der Waals surface area contributed by atoms with E-state index in [0.29, 0.717) is 49.9 Å². The Balaban J connectivity index is 1.70. The van der Waals surface area contributed by atoms with Crippen molar-refractivity contribution in [2.45, 2.75) is 38.6 Å². The molecule has 6 nitrogen and oxygen atoms in total. The average Bonchev–Trinajstić information content (AvgIpc) is 2.77. The van der Waals surface area contributed by atoms with E-state index in [-0.39, 0.29) is 0 Å². The van der Waals surface area contributed by atoms with Gasteiger partial charge in [0, 0.05) is 42.3 Å². The van der Waals surface area contributed by atoms with Gasteiger partial charge in [-0.3, -0.25) is 9.59 Å². The van der Waals surface area contributed by atoms with Crippen LogP contribution in [0.4, 0.5) is 0 Å². The van der Waals surface area contributed by atoms with Crippen LogP contribution in [0.1, 0.15) is 35.1 Å². The number of ether oxygens (including phenoxy) is 2. The topological polar surface area (TPSA) is 76.7 Å². The molecule has 2 amide bonds. The van der Waals surface area contributed by atoms with E-state index in [1.54, 1.807) is 13.2 Å². The van der Waals surface area contributed by atoms with Crippen LogP contribution in [-0.4, -0.2) is 38.7 Å². The van der Waals surface area contributed by atoms with Crippen LogP contribution >= 0.6 is 11.6 Å². The molecule has 0 spiro atoms. The van der Waals surface area contributed by atoms with Gasteiger partial charge < -0.3 is 20.1 Å². The highest BCUT2D eigenvalue weighted by atomic mass is 35.5. The van der Waals surface area contributed by atoms with Crippen LogP contribution in [0.2, 0.25) is 5.02 Å². The van der Waals surface area contributed by atoms with Crippen molar-refractivity contribution >= 4 is 23.4 Å². The van der Waals surface area contributed by atoms with E-state index in [0.717, 1.165) is 22.3 Å². The first kappa shape index (κ1) is 23.1. The molecule has 2 N–H and O–H groups in total. The largest absolute Gasteiger partial charge is 0.496 e. The maximum Gasteiger partial charge on any atom is 0.309 e. The molecule has 0 unspecified atom stereocenters. The summed E-state index contributed by atoms with van der Waals surface area (Å²) in [5.41, 5.74) is 3.68. The third-order valence-corrected chi connectivity index (χ3v) is 6.28. The van der Waals surface area contributed by atoms with Crippen LogP contribution < -0.4 is 15.4 Å². The van der Waals surface area contributed by atoms with Crippen LogP contribution in [0.25, 0.3) is 0 Å². The maximum atomic E-state index is 12.6. The second-order valence-corrected chi connectivity index (χ2v) is 8.41. The number of hydrogen-bond acceptors (Lipinski definition) is 4. The van der Waals surface area contributed by atoms with Gasteiger partial charge in [0.25, 0.3) is 0 Å². The fourth-order valence-electron chi connectivity index (χ4n) is 4.10. The Bertz CT molecular complexity index is 934. The minimum absolute atomic E-state index is 0.294. The summed E-state index contributed by atoms with van der Waals surface area (Å²) < 4.78 is 11.1. The van der Waals surface area contributed by atoms with Crippen molar-refractivity contribution in [3.63, 3.8) is 0 Å². The van der Waals surface area contributed by atoms with Crippen molar-refractivity contribution in [2.24, 2.45) is 0 Å². The van der Waals surface area contributed by atoms with Gasteiger partial charge in [-0.05, 0) is 61.6 Å². The van der Waals surface area contributed by atoms with E-state index in [1.807, 2.05) is 44.2 Å². The highest BCUT2D eigenvalue weighted by Gasteiger charge is 2.38. The zero-order valence-corrected chi connectivity index (χ0v) is 19.0. The maximum absolute atomic E-state index is 12.6. The zero-order valence-electron chi connectivity index (χ0n) is 18.2. The SMILES string of the molecule is COc1ccc(Cl)cc1C1(CNC(=O)C(=O)NCc2c(C)cccc2C)CCOCC1. The lowest BCUT2D eigenvalue weighted by Gasteiger charge is -2.38. The molecule has 0 aliphatic carbocycles. The van der Waals surface area contributed by atoms with Crippen molar-refractivity contribution in [1.82, 2.24) is 10.6 Å². The molecule has 0 bridgehead atoms. The van der Waals surface area contributed by atoms with Crippen LogP contribution in [0.15, 0.2) is 36.4 Å². The minimum atomic E-state index is -0.655. The molecule has 1 aliphatic rings. The molecule has 1 saturated heterocycles. The van der Waals surface area contributed by atoms with Crippen LogP contribution in [-0.2, 0) is 26.3 Å². The molecule has 0 saturated carbocycles. The molecule has 7 heteroatoms. The Morgan fingerprint density at radius 1 is 1.06 bits per heavy atom. The quantitative estimate of drug-likeness (QED) is 0.669. The number of carbonyl (C=O) groups is 2. The molecule has 31 heavy (non-hydrogen) atoms. The molecule has 2 aromatic rings. The van der Waals surface area contributed by atoms with Gasteiger partial charge in [0.2, 0.25) is 0 Å². The number of carbonyl (C=O) groups excluding carboxylic acids is 2. The molecule has 1 aliphatic heterocycles. The number of methoxy groups -OCH3 is 1. The zero-order chi connectivity index (χ0) is 22.4. The smallest absolute Gasteiger partial charge is 0.309 e. The number of halogens is 1. The van der Waals surface area contributed by atoms with E-state index in [1.165, 1.54) is 0 Å². The molecular formula is C24H29ClN2O4. The Morgan fingerprint density at radius 2 is 1.71 bits per heavy atom. The Morgan fingerprint density at radius 3 is 2.35 bits per heavy atom. The standard InChI is InChI=1S/C24H29ClN2O4/c1-16-5-4-6-17(2)19(16)14-26-22(28)23(29)27-15-24(9-11-31-12-10-24)20-13-18(25)7-8-21(20)30-3/h4-8,13H,9-12,14-15H2,1-3H3,(H,26,28)(H,27,29). The second-order valence-electron chi connectivity index (χ2n) is 7.97. The number of aryl methyl sites for hydroxylation is 2. The van der Waals surface area contributed by atoms with Gasteiger partial charge in [-0.15, -0.1) is 0 Å². The number of benzene rings is 2. The van der Waals surface area contributed by atoms with Crippen molar-refractivity contribution in [2.75, 3.05) is 26.9 Å². The number of hydrogen-bond donors (Lipinski definition) is 2. The van der Waals surface area contributed by atoms with Crippen molar-refractivity contribution < 1.29 is 19.1 Å². The van der Waals surface area contributed by atoms with Gasteiger partial charge in [-0.25, -0.2) is 0 Å². The summed E-state index contributed by atoms with van der Waals surface area (Å²) in [6.45, 7) is 5.70. The van der Waals surface area contributed by atoms with E-state index >= 15 is 0 Å². The summed E-state index contributed by atoms with van der Waals surface area (Å²) in [6.07, 6.45) is 1.38. The molecule has 1 heterocycles. The van der Waals surface area contributed by atoms with Gasteiger partial charge >= 0.3 is 11.8 Å². The minimum Gasteiger partial charge on any atom is -0.496 e. The van der Waals surface area contributed by atoms with Crippen molar-refractivity contribution in [1.29, 1.82) is 0 Å². The highest BCUT2D eigenvalue weighted by Crippen LogP contribution is 2.40. The van der Waals surface area contributed by atoms with E-state index < -0.39 is 17.2 Å². The van der Waals surface area contributed by atoms with Gasteiger partial charge in [0.15, 0.2) is 0 Å². The number of amides is 2. The van der Waals surface area contributed by atoms with Crippen molar-refractivity contribution in [3.8, 4) is 5.75 Å². The first-order valence-corrected chi connectivity index (χ1v) is 10.8. The first-order valence-electron chi connectivity index (χ1n) is 10.4. The fraction of sp³-hybridized carbons (Fsp3) is 0.417. The third kappa shape index (κ3) is 5.38. The average molecular weight is 445 g/mol. The second kappa shape index (κ2) is 10.2. The van der Waals surface area contributed by atoms with Gasteiger partial charge in [-0.2, -0.15) is 0 Å². The number of nitrogens with one attached hydrogen (secondary N) is 2. The molecule has 1 fully saturated rings. The summed E-state index contributed by atoms with van der Waals surface area (Å²) in [4.78, 5) is 25.0. The molecule has 3 rings (SSSR count). The molecule has 0 radical (unpaired) electrons. The van der Waals surface area contributed by atoms with Gasteiger partial charge in [0.1, 0.15) is 5.75 Å². The summed E-state index contributed by atoms with van der Waals surface area (Å²) in [5.74, 6) is -0.596. The van der Waals surface area contributed by atoms with E-state index in [9.17, 15) is 9.59 Å². The summed E-state index contributed by atoms with van der Waals surface area (Å²) >= 11 is 6.25. The first-order chi connectivity index (χ1) is 14.9. The Kier molecular flexibility index (Phi) is 7.57. The molecule has 166 valence electrons. The lowest BCUT2D eigenvalue weighted by molar-refractivity contribution is -0.139. The molecule has 0 atom stereocenters.